The van der Waals surface area contributed by atoms with Crippen molar-refractivity contribution < 1.29 is 0 Å². The van der Waals surface area contributed by atoms with Gasteiger partial charge in [0.1, 0.15) is 0 Å². The first-order valence-corrected chi connectivity index (χ1v) is 16.3. The van der Waals surface area contributed by atoms with Gasteiger partial charge in [0.05, 0.1) is 0 Å². The molecule has 1 saturated carbocycles. The lowest BCUT2D eigenvalue weighted by molar-refractivity contribution is 0.356. The van der Waals surface area contributed by atoms with Crippen molar-refractivity contribution in [3.8, 4) is 0 Å². The van der Waals surface area contributed by atoms with Crippen LogP contribution in [0.1, 0.15) is 187 Å². The summed E-state index contributed by atoms with van der Waals surface area (Å²) in [6.45, 7) is 2.31. The molecule has 0 heterocycles. The number of hydrogen-bond donors (Lipinski definition) is 0. The standard InChI is InChI=1S/C30H60.C3H9N/c1-2-3-4-5-6-7-8-9-10-11-12-13-14-15-16-18-21-24-27-30-28-25-22-19-17-20-23-26-29-30;1-4(2)3/h30H,2-29H2,1H3;1-3H3. The zero-order valence-electron chi connectivity index (χ0n) is 24.8. The predicted octanol–water partition coefficient (Wildman–Crippen LogP) is 11.7. The molecule has 1 nitrogen and oxygen atoms in total. The third-order valence-corrected chi connectivity index (χ3v) is 7.69. The predicted molar refractivity (Wildman–Crippen MR) is 158 cm³/mol. The third-order valence-electron chi connectivity index (χ3n) is 7.69. The van der Waals surface area contributed by atoms with Crippen molar-refractivity contribution in [2.45, 2.75) is 187 Å². The monoisotopic (exact) mass is 480 g/mol. The molecule has 0 bridgehead atoms. The Hall–Kier alpha value is -0.0400. The van der Waals surface area contributed by atoms with E-state index < -0.39 is 0 Å². The van der Waals surface area contributed by atoms with Gasteiger partial charge in [0, 0.05) is 0 Å². The fraction of sp³-hybridized carbons (Fsp3) is 1.00. The highest BCUT2D eigenvalue weighted by atomic mass is 15.0. The van der Waals surface area contributed by atoms with Crippen molar-refractivity contribution in [2.75, 3.05) is 21.1 Å². The fourth-order valence-electron chi connectivity index (χ4n) is 5.52. The van der Waals surface area contributed by atoms with Crippen LogP contribution in [-0.2, 0) is 0 Å². The Morgan fingerprint density at radius 2 is 0.676 bits per heavy atom. The summed E-state index contributed by atoms with van der Waals surface area (Å²) in [5, 5.41) is 0. The molecule has 0 spiro atoms. The molecule has 0 radical (unpaired) electrons. The maximum atomic E-state index is 2.31. The molecule has 34 heavy (non-hydrogen) atoms. The number of hydrogen-bond acceptors (Lipinski definition) is 1. The number of nitrogens with zero attached hydrogens (tertiary/aromatic N) is 1. The number of unbranched alkanes of at least 4 members (excludes halogenated alkanes) is 17. The van der Waals surface area contributed by atoms with Gasteiger partial charge in [0.2, 0.25) is 0 Å². The van der Waals surface area contributed by atoms with Crippen LogP contribution in [0.15, 0.2) is 0 Å². The molecule has 0 N–H and O–H groups in total. The van der Waals surface area contributed by atoms with Crippen LogP contribution in [0.4, 0.5) is 0 Å². The van der Waals surface area contributed by atoms with Gasteiger partial charge >= 0.3 is 0 Å². The van der Waals surface area contributed by atoms with Gasteiger partial charge in [-0.3, -0.25) is 0 Å². The van der Waals surface area contributed by atoms with Gasteiger partial charge in [0.15, 0.2) is 0 Å². The van der Waals surface area contributed by atoms with E-state index in [2.05, 4.69) is 6.92 Å². The Morgan fingerprint density at radius 1 is 0.412 bits per heavy atom. The molecule has 1 rings (SSSR count). The summed E-state index contributed by atoms with van der Waals surface area (Å²) in [6, 6.07) is 0. The zero-order valence-corrected chi connectivity index (χ0v) is 24.8. The average Bonchev–Trinajstić information content (AvgIpc) is 2.82. The molecule has 1 heteroatoms. The van der Waals surface area contributed by atoms with E-state index in [1.165, 1.54) is 161 Å². The van der Waals surface area contributed by atoms with Crippen LogP contribution in [0.25, 0.3) is 0 Å². The summed E-state index contributed by atoms with van der Waals surface area (Å²) >= 11 is 0. The Bertz CT molecular complexity index is 338. The molecule has 206 valence electrons. The molecule has 0 unspecified atom stereocenters. The molecule has 0 amide bonds. The normalized spacial score (nSPS) is 15.8. The van der Waals surface area contributed by atoms with E-state index in [4.69, 9.17) is 0 Å². The van der Waals surface area contributed by atoms with Crippen LogP contribution in [0.2, 0.25) is 0 Å². The molecular weight excluding hydrogens is 410 g/mol. The van der Waals surface area contributed by atoms with E-state index in [1.807, 2.05) is 26.0 Å². The van der Waals surface area contributed by atoms with Crippen molar-refractivity contribution >= 4 is 0 Å². The lowest BCUT2D eigenvalue weighted by Gasteiger charge is -2.18. The molecule has 0 aromatic rings. The van der Waals surface area contributed by atoms with Crippen molar-refractivity contribution in [1.29, 1.82) is 0 Å². The van der Waals surface area contributed by atoms with Crippen LogP contribution in [-0.4, -0.2) is 26.0 Å². The van der Waals surface area contributed by atoms with Gasteiger partial charge in [-0.25, -0.2) is 0 Å². The lowest BCUT2D eigenvalue weighted by atomic mass is 9.88. The minimum Gasteiger partial charge on any atom is -0.312 e. The highest BCUT2D eigenvalue weighted by Crippen LogP contribution is 2.26. The summed E-state index contributed by atoms with van der Waals surface area (Å²) in [4.78, 5) is 2.00. The Balaban J connectivity index is 0.00000251. The Morgan fingerprint density at radius 3 is 1.00 bits per heavy atom. The highest BCUT2D eigenvalue weighted by molar-refractivity contribution is 4.63. The summed E-state index contributed by atoms with van der Waals surface area (Å²) < 4.78 is 0. The van der Waals surface area contributed by atoms with Gasteiger partial charge in [-0.15, -0.1) is 0 Å². The fourth-order valence-corrected chi connectivity index (χ4v) is 5.52. The van der Waals surface area contributed by atoms with Crippen molar-refractivity contribution in [2.24, 2.45) is 5.92 Å². The average molecular weight is 480 g/mol. The van der Waals surface area contributed by atoms with Gasteiger partial charge in [-0.05, 0) is 27.1 Å². The van der Waals surface area contributed by atoms with Crippen molar-refractivity contribution in [1.82, 2.24) is 4.90 Å². The first-order chi connectivity index (χ1) is 16.7. The molecule has 0 aromatic heterocycles. The maximum Gasteiger partial charge on any atom is -0.0140 e. The van der Waals surface area contributed by atoms with E-state index in [0.29, 0.717) is 0 Å². The van der Waals surface area contributed by atoms with Crippen molar-refractivity contribution in [3.63, 3.8) is 0 Å². The first-order valence-electron chi connectivity index (χ1n) is 16.3. The summed E-state index contributed by atoms with van der Waals surface area (Å²) in [6.07, 6.45) is 42.0. The SMILES string of the molecule is CCCCCCCCCCCCCCCCCCCCC1CCCCCCCCC1.CN(C)C. The third kappa shape index (κ3) is 30.0. The summed E-state index contributed by atoms with van der Waals surface area (Å²) in [7, 11) is 6.00. The molecular formula is C33H69N. The molecule has 0 aliphatic heterocycles. The summed E-state index contributed by atoms with van der Waals surface area (Å²) in [5.74, 6) is 1.07. The van der Waals surface area contributed by atoms with Gasteiger partial charge in [-0.1, -0.05) is 187 Å². The topological polar surface area (TPSA) is 3.24 Å². The highest BCUT2D eigenvalue weighted by Gasteiger charge is 2.09. The second-order valence-electron chi connectivity index (χ2n) is 12.1. The second kappa shape index (κ2) is 29.2. The van der Waals surface area contributed by atoms with Crippen LogP contribution < -0.4 is 0 Å². The zero-order chi connectivity index (χ0) is 25.0. The summed E-state index contributed by atoms with van der Waals surface area (Å²) in [5.41, 5.74) is 0. The van der Waals surface area contributed by atoms with Gasteiger partial charge < -0.3 is 4.90 Å². The number of rotatable bonds is 19. The Kier molecular flexibility index (Phi) is 29.2. The van der Waals surface area contributed by atoms with Crippen LogP contribution in [0, 0.1) is 5.92 Å². The molecule has 0 saturated heterocycles. The second-order valence-corrected chi connectivity index (χ2v) is 12.1. The van der Waals surface area contributed by atoms with Crippen LogP contribution >= 0.6 is 0 Å². The largest absolute Gasteiger partial charge is 0.312 e. The van der Waals surface area contributed by atoms with Gasteiger partial charge in [-0.2, -0.15) is 0 Å². The van der Waals surface area contributed by atoms with Gasteiger partial charge in [0.25, 0.3) is 0 Å². The van der Waals surface area contributed by atoms with E-state index in [-0.39, 0.29) is 0 Å². The molecule has 0 atom stereocenters. The smallest absolute Gasteiger partial charge is 0.0140 e. The van der Waals surface area contributed by atoms with E-state index in [1.54, 1.807) is 19.3 Å². The van der Waals surface area contributed by atoms with E-state index >= 15 is 0 Å². The van der Waals surface area contributed by atoms with Crippen LogP contribution in [0.3, 0.4) is 0 Å². The van der Waals surface area contributed by atoms with E-state index in [9.17, 15) is 0 Å². The molecule has 0 aromatic carbocycles. The maximum absolute atomic E-state index is 2.31. The molecule has 1 aliphatic rings. The first kappa shape index (κ1) is 34.0. The minimum absolute atomic E-state index is 1.07. The molecule has 1 fully saturated rings. The Labute approximate surface area is 218 Å². The lowest BCUT2D eigenvalue weighted by Crippen LogP contribution is -2.02. The van der Waals surface area contributed by atoms with Crippen LogP contribution in [0.5, 0.6) is 0 Å². The van der Waals surface area contributed by atoms with E-state index in [0.717, 1.165) is 5.92 Å². The quantitative estimate of drug-likeness (QED) is 0.166. The molecule has 1 aliphatic carbocycles. The minimum atomic E-state index is 1.07. The van der Waals surface area contributed by atoms with Crippen molar-refractivity contribution in [3.05, 3.63) is 0 Å².